The molecule has 1 aromatic heterocycles. The maximum atomic E-state index is 11.4. The molecule has 0 unspecified atom stereocenters. The normalized spacial score (nSPS) is 15.5. The molecule has 2 heterocycles. The van der Waals surface area contributed by atoms with Crippen LogP contribution in [0.4, 0.5) is 0 Å². The number of fused-ring (bicyclic) bond motifs is 1. The van der Waals surface area contributed by atoms with Crippen LogP contribution < -0.4 is 0 Å². The van der Waals surface area contributed by atoms with Crippen LogP contribution in [0.5, 0.6) is 0 Å². The zero-order chi connectivity index (χ0) is 9.26. The lowest BCUT2D eigenvalue weighted by molar-refractivity contribution is 0.108. The third kappa shape index (κ3) is 1.50. The fraction of sp³-hybridized carbons (Fsp3) is 0.556. The van der Waals surface area contributed by atoms with Crippen LogP contribution in [0.15, 0.2) is 6.20 Å². The van der Waals surface area contributed by atoms with Crippen molar-refractivity contribution >= 4 is 16.9 Å². The van der Waals surface area contributed by atoms with Gasteiger partial charge < -0.3 is 4.57 Å². The molecular formula is C9H12N2OS. The van der Waals surface area contributed by atoms with Gasteiger partial charge in [-0.1, -0.05) is 11.8 Å². The van der Waals surface area contributed by atoms with Crippen LogP contribution in [0, 0.1) is 0 Å². The first-order valence-electron chi connectivity index (χ1n) is 4.45. The molecule has 0 fully saturated rings. The lowest BCUT2D eigenvalue weighted by Gasteiger charge is -2.15. The Kier molecular flexibility index (Phi) is 2.40. The number of aromatic nitrogens is 2. The molecule has 70 valence electrons. The fourth-order valence-corrected chi connectivity index (χ4v) is 2.06. The number of rotatable bonds is 1. The minimum absolute atomic E-state index is 0.126. The van der Waals surface area contributed by atoms with Gasteiger partial charge in [-0.2, -0.15) is 0 Å². The summed E-state index contributed by atoms with van der Waals surface area (Å²) in [6.45, 7) is 0.955. The molecule has 0 spiro atoms. The van der Waals surface area contributed by atoms with Gasteiger partial charge in [-0.05, 0) is 19.1 Å². The van der Waals surface area contributed by atoms with Gasteiger partial charge in [0.1, 0.15) is 11.5 Å². The number of thioether (sulfide) groups is 1. The third-order valence-electron chi connectivity index (χ3n) is 2.36. The topological polar surface area (TPSA) is 34.9 Å². The summed E-state index contributed by atoms with van der Waals surface area (Å²) < 4.78 is 2.06. The van der Waals surface area contributed by atoms with Crippen LogP contribution >= 0.6 is 11.8 Å². The minimum atomic E-state index is 0.126. The Balaban J connectivity index is 2.36. The van der Waals surface area contributed by atoms with Gasteiger partial charge in [0.15, 0.2) is 0 Å². The van der Waals surface area contributed by atoms with Crippen molar-refractivity contribution in [3.8, 4) is 0 Å². The Bertz CT molecular complexity index is 332. The molecule has 0 aliphatic carbocycles. The predicted octanol–water partition coefficient (Wildman–Crippen LogP) is 1.72. The van der Waals surface area contributed by atoms with Crippen molar-refractivity contribution in [3.63, 3.8) is 0 Å². The first-order valence-corrected chi connectivity index (χ1v) is 5.68. The fourth-order valence-electron chi connectivity index (χ4n) is 1.68. The van der Waals surface area contributed by atoms with Crippen LogP contribution in [-0.4, -0.2) is 20.9 Å². The largest absolute Gasteiger partial charge is 0.325 e. The van der Waals surface area contributed by atoms with Gasteiger partial charge in [-0.3, -0.25) is 4.79 Å². The van der Waals surface area contributed by atoms with E-state index in [1.807, 2.05) is 6.26 Å². The second kappa shape index (κ2) is 3.54. The van der Waals surface area contributed by atoms with Crippen molar-refractivity contribution in [3.05, 3.63) is 17.7 Å². The van der Waals surface area contributed by atoms with Crippen molar-refractivity contribution in [2.75, 3.05) is 6.26 Å². The first kappa shape index (κ1) is 8.81. The number of imidazole rings is 1. The number of carbonyl (C=O) groups excluding carboxylic acids is 1. The summed E-state index contributed by atoms with van der Waals surface area (Å²) >= 11 is 1.26. The molecule has 0 saturated heterocycles. The van der Waals surface area contributed by atoms with Gasteiger partial charge in [0, 0.05) is 13.0 Å². The van der Waals surface area contributed by atoms with E-state index < -0.39 is 0 Å². The Labute approximate surface area is 81.5 Å². The van der Waals surface area contributed by atoms with Crippen molar-refractivity contribution in [2.45, 2.75) is 25.8 Å². The molecule has 0 aromatic carbocycles. The summed E-state index contributed by atoms with van der Waals surface area (Å²) in [4.78, 5) is 15.7. The first-order chi connectivity index (χ1) is 6.33. The van der Waals surface area contributed by atoms with Crippen LogP contribution in [0.25, 0.3) is 0 Å². The Morgan fingerprint density at radius 1 is 1.62 bits per heavy atom. The summed E-state index contributed by atoms with van der Waals surface area (Å²) in [5, 5.41) is 0.126. The molecule has 2 rings (SSSR count). The van der Waals surface area contributed by atoms with Crippen molar-refractivity contribution in [1.29, 1.82) is 0 Å². The van der Waals surface area contributed by atoms with E-state index in [1.54, 1.807) is 6.20 Å². The molecule has 0 N–H and O–H groups in total. The highest BCUT2D eigenvalue weighted by Gasteiger charge is 2.17. The molecule has 1 aromatic rings. The quantitative estimate of drug-likeness (QED) is 0.686. The van der Waals surface area contributed by atoms with E-state index in [0.717, 1.165) is 30.9 Å². The molecule has 4 heteroatoms. The summed E-state index contributed by atoms with van der Waals surface area (Å²) in [6, 6.07) is 0. The lowest BCUT2D eigenvalue weighted by atomic mass is 10.2. The van der Waals surface area contributed by atoms with Crippen LogP contribution in [0.1, 0.15) is 29.2 Å². The highest BCUT2D eigenvalue weighted by atomic mass is 32.2. The molecule has 0 atom stereocenters. The van der Waals surface area contributed by atoms with E-state index >= 15 is 0 Å². The SMILES string of the molecule is CSC(=O)c1cnc2n1CCCC2. The number of carbonyl (C=O) groups is 1. The maximum absolute atomic E-state index is 11.4. The summed E-state index contributed by atoms with van der Waals surface area (Å²) in [5.74, 6) is 1.07. The van der Waals surface area contributed by atoms with E-state index in [-0.39, 0.29) is 5.12 Å². The second-order valence-electron chi connectivity index (χ2n) is 3.16. The van der Waals surface area contributed by atoms with Gasteiger partial charge in [-0.25, -0.2) is 4.98 Å². The molecule has 0 radical (unpaired) electrons. The smallest absolute Gasteiger partial charge is 0.237 e. The summed E-state index contributed by atoms with van der Waals surface area (Å²) in [7, 11) is 0. The Morgan fingerprint density at radius 2 is 2.46 bits per heavy atom. The van der Waals surface area contributed by atoms with Gasteiger partial charge in [-0.15, -0.1) is 0 Å². The van der Waals surface area contributed by atoms with E-state index in [4.69, 9.17) is 0 Å². The average Bonchev–Trinajstić information content (AvgIpc) is 2.60. The van der Waals surface area contributed by atoms with Crippen molar-refractivity contribution in [1.82, 2.24) is 9.55 Å². The predicted molar refractivity (Wildman–Crippen MR) is 53.0 cm³/mol. The van der Waals surface area contributed by atoms with Gasteiger partial charge >= 0.3 is 0 Å². The highest BCUT2D eigenvalue weighted by Crippen LogP contribution is 2.18. The summed E-state index contributed by atoms with van der Waals surface area (Å²) in [6.07, 6.45) is 6.90. The summed E-state index contributed by atoms with van der Waals surface area (Å²) in [5.41, 5.74) is 0.766. The number of hydrogen-bond donors (Lipinski definition) is 0. The third-order valence-corrected chi connectivity index (χ3v) is 2.94. The molecule has 1 aliphatic heterocycles. The standard InChI is InChI=1S/C9H12N2OS/c1-13-9(12)7-6-10-8-4-2-3-5-11(7)8/h6H,2-5H2,1H3. The second-order valence-corrected chi connectivity index (χ2v) is 3.94. The van der Waals surface area contributed by atoms with Crippen molar-refractivity contribution in [2.24, 2.45) is 0 Å². The molecule has 3 nitrogen and oxygen atoms in total. The van der Waals surface area contributed by atoms with Gasteiger partial charge in [0.25, 0.3) is 0 Å². The van der Waals surface area contributed by atoms with Crippen LogP contribution in [0.3, 0.4) is 0 Å². The average molecular weight is 196 g/mol. The Morgan fingerprint density at radius 3 is 3.23 bits per heavy atom. The zero-order valence-corrected chi connectivity index (χ0v) is 8.43. The maximum Gasteiger partial charge on any atom is 0.237 e. The van der Waals surface area contributed by atoms with E-state index in [9.17, 15) is 4.79 Å². The van der Waals surface area contributed by atoms with E-state index in [2.05, 4.69) is 9.55 Å². The minimum Gasteiger partial charge on any atom is -0.325 e. The molecule has 0 bridgehead atoms. The molecule has 1 aliphatic rings. The molecule has 0 saturated carbocycles. The Hall–Kier alpha value is -0.770. The van der Waals surface area contributed by atoms with E-state index in [0.29, 0.717) is 0 Å². The number of nitrogens with zero attached hydrogens (tertiary/aromatic N) is 2. The van der Waals surface area contributed by atoms with Crippen LogP contribution in [0.2, 0.25) is 0 Å². The monoisotopic (exact) mass is 196 g/mol. The van der Waals surface area contributed by atoms with Gasteiger partial charge in [0.2, 0.25) is 5.12 Å². The number of hydrogen-bond acceptors (Lipinski definition) is 3. The molecule has 13 heavy (non-hydrogen) atoms. The van der Waals surface area contributed by atoms with Gasteiger partial charge in [0.05, 0.1) is 6.20 Å². The lowest BCUT2D eigenvalue weighted by Crippen LogP contribution is -2.14. The number of aryl methyl sites for hydroxylation is 1. The molecular weight excluding hydrogens is 184 g/mol. The van der Waals surface area contributed by atoms with E-state index in [1.165, 1.54) is 18.2 Å². The highest BCUT2D eigenvalue weighted by molar-refractivity contribution is 8.13. The molecule has 0 amide bonds. The van der Waals surface area contributed by atoms with Crippen molar-refractivity contribution < 1.29 is 4.79 Å². The zero-order valence-electron chi connectivity index (χ0n) is 7.62. The van der Waals surface area contributed by atoms with Crippen LogP contribution in [-0.2, 0) is 13.0 Å².